The molecule has 1 unspecified atom stereocenters. The third-order valence-corrected chi connectivity index (χ3v) is 14.8. The molecule has 2 aromatic heterocycles. The number of rotatable bonds is 21. The molecule has 0 saturated carbocycles. The zero-order valence-electron chi connectivity index (χ0n) is 36.7. The number of carboxylic acid groups (broad SMARTS) is 2. The highest BCUT2D eigenvalue weighted by Gasteiger charge is 2.26. The molecule has 1 atom stereocenters. The second-order valence-corrected chi connectivity index (χ2v) is 23.4. The van der Waals surface area contributed by atoms with Crippen LogP contribution in [0, 0.1) is 0 Å². The summed E-state index contributed by atoms with van der Waals surface area (Å²) in [5, 5.41) is 30.0. The minimum Gasteiger partial charge on any atom is -0.481 e. The molecule has 40 heteroatoms. The van der Waals surface area contributed by atoms with Crippen molar-refractivity contribution in [2.24, 2.45) is 0 Å². The molecule has 0 aliphatic carbocycles. The first kappa shape index (κ1) is 57.6. The fraction of sp³-hybridized carbons (Fsp3) is 0.0556. The quantitative estimate of drug-likeness (QED) is 0.0364. The minimum atomic E-state index is -5.24. The highest BCUT2D eigenvalue weighted by atomic mass is 35.5. The summed E-state index contributed by atoms with van der Waals surface area (Å²) in [6.45, 7) is 0. The van der Waals surface area contributed by atoms with Crippen LogP contribution in [0.15, 0.2) is 102 Å². The Labute approximate surface area is 431 Å². The van der Waals surface area contributed by atoms with Crippen molar-refractivity contribution < 1.29 is 97.6 Å². The van der Waals surface area contributed by atoms with Crippen LogP contribution < -0.4 is 26.6 Å². The topological polar surface area (TPSA) is 538 Å². The number of carboxylic acids is 2. The highest BCUT2D eigenvalue weighted by molar-refractivity contribution is 7.87. The Kier molecular flexibility index (Phi) is 16.3. The molecule has 404 valence electrons. The Morgan fingerprint density at radius 1 is 0.461 bits per heavy atom. The molecule has 13 N–H and O–H groups in total. The smallest absolute Gasteiger partial charge is 0.326 e. The molecule has 0 radical (unpaired) electrons. The second-order valence-electron chi connectivity index (χ2n) is 14.7. The maximum Gasteiger partial charge on any atom is 0.326 e. The van der Waals surface area contributed by atoms with Gasteiger partial charge in [0.05, 0.1) is 27.6 Å². The van der Waals surface area contributed by atoms with Crippen LogP contribution in [0.5, 0.6) is 0 Å². The van der Waals surface area contributed by atoms with E-state index in [-0.39, 0.29) is 22.5 Å². The lowest BCUT2D eigenvalue weighted by atomic mass is 10.1. The fourth-order valence-corrected chi connectivity index (χ4v) is 10.0. The number of nitrogens with zero attached hydrogens (tertiary/aromatic N) is 6. The van der Waals surface area contributed by atoms with Crippen molar-refractivity contribution in [1.82, 2.24) is 29.9 Å². The van der Waals surface area contributed by atoms with E-state index < -0.39 is 161 Å². The number of hydrogen-bond acceptors (Lipinski definition) is 25. The maximum absolute atomic E-state index is 12.7. The average Bonchev–Trinajstić information content (AvgIpc) is 3.26. The summed E-state index contributed by atoms with van der Waals surface area (Å²) in [5.41, 5.74) is -2.72. The van der Waals surface area contributed by atoms with E-state index in [0.717, 1.165) is 48.6 Å². The molecule has 33 nitrogen and oxygen atoms in total. The lowest BCUT2D eigenvalue weighted by molar-refractivity contribution is -0.144. The van der Waals surface area contributed by atoms with Gasteiger partial charge in [-0.3, -0.25) is 32.1 Å². The summed E-state index contributed by atoms with van der Waals surface area (Å²) >= 11 is 6.00. The van der Waals surface area contributed by atoms with Crippen LogP contribution >= 0.6 is 11.6 Å². The van der Waals surface area contributed by atoms with Crippen LogP contribution in [-0.2, 0) is 70.3 Å². The zero-order chi connectivity index (χ0) is 56.5. The van der Waals surface area contributed by atoms with Crippen molar-refractivity contribution in [1.29, 1.82) is 0 Å². The van der Waals surface area contributed by atoms with Crippen molar-refractivity contribution in [3.05, 3.63) is 89.2 Å². The van der Waals surface area contributed by atoms with Crippen molar-refractivity contribution in [2.45, 2.75) is 41.8 Å². The molecular formula is C36H30ClN11O22S6. The van der Waals surface area contributed by atoms with Gasteiger partial charge in [0, 0.05) is 11.4 Å². The fourth-order valence-electron chi connectivity index (χ4n) is 6.15. The monoisotopic (exact) mass is 1190 g/mol. The SMILES string of the molecule is O=C(O)CC(Nc1nc(Nc2ccc(/C=C/c3ccc(Nc4nc(Cl)nc(Nc5cc(S(=O)(=O)O)ccc5S(=O)(=O)O)n4)cc3S(=O)(=O)O)c(S(=O)(=O)O)c2)nc(Nc2cc(S(=O)(=O)O)ccc2S(=O)(=O)O)n1)C(=O)O. The summed E-state index contributed by atoms with van der Waals surface area (Å²) < 4.78 is 205. The first-order chi connectivity index (χ1) is 34.9. The van der Waals surface area contributed by atoms with Crippen LogP contribution in [0.4, 0.5) is 52.5 Å². The number of benzene rings is 4. The van der Waals surface area contributed by atoms with Gasteiger partial charge in [0.15, 0.2) is 0 Å². The Morgan fingerprint density at radius 3 is 1.17 bits per heavy atom. The van der Waals surface area contributed by atoms with Gasteiger partial charge in [-0.25, -0.2) is 4.79 Å². The number of anilines is 9. The molecule has 6 aromatic rings. The molecule has 0 amide bonds. The Bertz CT molecular complexity index is 4120. The number of hydrogen-bond donors (Lipinski definition) is 13. The van der Waals surface area contributed by atoms with Crippen LogP contribution in [-0.4, -0.2) is 136 Å². The van der Waals surface area contributed by atoms with E-state index in [1.807, 2.05) is 0 Å². The number of halogens is 1. The molecule has 2 heterocycles. The van der Waals surface area contributed by atoms with E-state index in [0.29, 0.717) is 36.4 Å². The number of nitrogens with one attached hydrogen (secondary N) is 5. The predicted molar refractivity (Wildman–Crippen MR) is 259 cm³/mol. The van der Waals surface area contributed by atoms with Gasteiger partial charge in [0.25, 0.3) is 60.7 Å². The summed E-state index contributed by atoms with van der Waals surface area (Å²) in [6, 6.07) is 7.52. The zero-order valence-corrected chi connectivity index (χ0v) is 42.3. The predicted octanol–water partition coefficient (Wildman–Crippen LogP) is 2.67. The van der Waals surface area contributed by atoms with E-state index in [1.165, 1.54) is 0 Å². The standard InChI is InChI=1S/C36H30ClN11O22S6/c37-31-43-32(45-34(44-31)40-22-13-20(71(53,54)55)7-9-25(22)73(59,60)61)38-18-5-3-16(27(11-18)75(65,66)67)1-2-17-4-6-19(12-28(17)76(68,69)70)39-33-46-35(48-36(47-33)42-24(30(51)52)15-29(49)50)41-23-14-21(72(56,57)58)8-10-26(23)74(62,63)64/h1-14,24H,15H2,(H,49,50)(H,51,52)(H,53,54,55)(H,56,57,58)(H,59,60,61)(H,62,63,64)(H,65,66,67)(H,68,69,70)(H2,38,40,43,44,45)(H3,39,41,42,46,47,48)/b2-1+. The summed E-state index contributed by atoms with van der Waals surface area (Å²) in [5.74, 6) is -6.76. The van der Waals surface area contributed by atoms with Gasteiger partial charge in [-0.05, 0) is 83.4 Å². The van der Waals surface area contributed by atoms with Crippen LogP contribution in [0.3, 0.4) is 0 Å². The minimum absolute atomic E-state index is 0.208. The van der Waals surface area contributed by atoms with Crippen LogP contribution in [0.2, 0.25) is 5.28 Å². The number of aromatic nitrogens is 6. The van der Waals surface area contributed by atoms with Crippen molar-refractivity contribution in [3.8, 4) is 0 Å². The normalized spacial score (nSPS) is 12.9. The summed E-state index contributed by atoms with van der Waals surface area (Å²) in [7, 11) is -30.6. The molecule has 0 fully saturated rings. The van der Waals surface area contributed by atoms with E-state index in [9.17, 15) is 97.6 Å². The van der Waals surface area contributed by atoms with Gasteiger partial charge < -0.3 is 36.8 Å². The molecule has 0 aliphatic rings. The van der Waals surface area contributed by atoms with Gasteiger partial charge in [0.1, 0.15) is 25.6 Å². The Morgan fingerprint density at radius 2 is 0.816 bits per heavy atom. The van der Waals surface area contributed by atoms with E-state index in [1.54, 1.807) is 0 Å². The second kappa shape index (κ2) is 21.5. The summed E-state index contributed by atoms with van der Waals surface area (Å²) in [6.07, 6.45) is 0.843. The van der Waals surface area contributed by atoms with Crippen molar-refractivity contribution >= 4 is 149 Å². The van der Waals surface area contributed by atoms with Crippen molar-refractivity contribution in [3.63, 3.8) is 0 Å². The average molecular weight is 1200 g/mol. The first-order valence-corrected chi connectivity index (χ1v) is 28.5. The van der Waals surface area contributed by atoms with E-state index in [2.05, 4.69) is 56.5 Å². The Hall–Kier alpha value is -7.67. The number of carbonyl (C=O) groups is 2. The summed E-state index contributed by atoms with van der Waals surface area (Å²) in [4.78, 5) is 40.9. The van der Waals surface area contributed by atoms with E-state index >= 15 is 0 Å². The Balaban J connectivity index is 1.34. The van der Waals surface area contributed by atoms with Crippen molar-refractivity contribution in [2.75, 3.05) is 26.6 Å². The highest BCUT2D eigenvalue weighted by Crippen LogP contribution is 2.32. The lowest BCUT2D eigenvalue weighted by Crippen LogP contribution is -2.32. The lowest BCUT2D eigenvalue weighted by Gasteiger charge is -2.16. The van der Waals surface area contributed by atoms with Crippen LogP contribution in [0.25, 0.3) is 12.2 Å². The molecule has 0 aliphatic heterocycles. The first-order valence-electron chi connectivity index (χ1n) is 19.5. The molecular weight excluding hydrogens is 1170 g/mol. The van der Waals surface area contributed by atoms with Gasteiger partial charge in [0.2, 0.25) is 35.0 Å². The largest absolute Gasteiger partial charge is 0.481 e. The molecule has 0 bridgehead atoms. The third kappa shape index (κ3) is 15.0. The number of aliphatic carboxylic acids is 2. The third-order valence-electron chi connectivity index (χ3n) is 9.31. The maximum atomic E-state index is 12.7. The molecule has 4 aromatic carbocycles. The molecule has 0 saturated heterocycles. The van der Waals surface area contributed by atoms with E-state index in [4.69, 9.17) is 11.6 Å². The van der Waals surface area contributed by atoms with Gasteiger partial charge in [-0.2, -0.15) is 80.4 Å². The van der Waals surface area contributed by atoms with Gasteiger partial charge >= 0.3 is 11.9 Å². The molecule has 0 spiro atoms. The van der Waals surface area contributed by atoms with Crippen LogP contribution in [0.1, 0.15) is 17.5 Å². The molecule has 76 heavy (non-hydrogen) atoms. The van der Waals surface area contributed by atoms with Gasteiger partial charge in [-0.15, -0.1) is 0 Å². The van der Waals surface area contributed by atoms with Gasteiger partial charge in [-0.1, -0.05) is 24.3 Å². The molecule has 6 rings (SSSR count).